The van der Waals surface area contributed by atoms with Crippen LogP contribution in [0.4, 0.5) is 9.52 Å². The fraction of sp³-hybridized carbons (Fsp3) is 0.231. The second-order valence-electron chi connectivity index (χ2n) is 3.99. The third kappa shape index (κ3) is 3.51. The van der Waals surface area contributed by atoms with Crippen LogP contribution in [0.2, 0.25) is 0 Å². The number of amides is 1. The molecule has 0 aliphatic carbocycles. The van der Waals surface area contributed by atoms with Crippen molar-refractivity contribution in [3.05, 3.63) is 40.7 Å². The van der Waals surface area contributed by atoms with Crippen molar-refractivity contribution in [3.8, 4) is 5.75 Å². The van der Waals surface area contributed by atoms with E-state index in [1.807, 2.05) is 12.3 Å². The first kappa shape index (κ1) is 13.5. The lowest BCUT2D eigenvalue weighted by Gasteiger charge is -2.05. The Morgan fingerprint density at radius 2 is 2.32 bits per heavy atom. The van der Waals surface area contributed by atoms with Crippen LogP contribution < -0.4 is 10.1 Å². The van der Waals surface area contributed by atoms with Crippen LogP contribution in [0.15, 0.2) is 23.6 Å². The molecule has 1 aromatic heterocycles. The zero-order valence-corrected chi connectivity index (χ0v) is 11.4. The largest absolute Gasteiger partial charge is 0.494 e. The number of nitrogens with one attached hydrogen (secondary N) is 1. The lowest BCUT2D eigenvalue weighted by atomic mass is 10.1. The fourth-order valence-corrected chi connectivity index (χ4v) is 2.28. The number of ether oxygens (including phenoxy) is 1. The van der Waals surface area contributed by atoms with Gasteiger partial charge in [-0.1, -0.05) is 6.07 Å². The standard InChI is InChI=1S/C13H13FN2O2S/c1-8-7-19-13(15-8)16-12(17)6-9-3-4-11(18-2)10(14)5-9/h3-5,7H,6H2,1-2H3,(H,15,16,17). The molecule has 0 saturated carbocycles. The first-order valence-electron chi connectivity index (χ1n) is 5.63. The molecule has 100 valence electrons. The third-order valence-corrected chi connectivity index (χ3v) is 3.32. The van der Waals surface area contributed by atoms with Gasteiger partial charge in [0, 0.05) is 5.38 Å². The van der Waals surface area contributed by atoms with E-state index in [1.165, 1.54) is 30.6 Å². The predicted molar refractivity (Wildman–Crippen MR) is 72.1 cm³/mol. The van der Waals surface area contributed by atoms with E-state index in [0.717, 1.165) is 5.69 Å². The normalized spacial score (nSPS) is 10.3. The SMILES string of the molecule is COc1ccc(CC(=O)Nc2nc(C)cs2)cc1F. The van der Waals surface area contributed by atoms with Gasteiger partial charge in [0.1, 0.15) is 0 Å². The number of aromatic nitrogens is 1. The maximum Gasteiger partial charge on any atom is 0.230 e. The second kappa shape index (κ2) is 5.79. The van der Waals surface area contributed by atoms with Gasteiger partial charge >= 0.3 is 0 Å². The molecule has 0 aliphatic heterocycles. The number of carbonyl (C=O) groups is 1. The Hall–Kier alpha value is -1.95. The first-order chi connectivity index (χ1) is 9.08. The number of hydrogen-bond acceptors (Lipinski definition) is 4. The van der Waals surface area contributed by atoms with Gasteiger partial charge in [0.2, 0.25) is 5.91 Å². The van der Waals surface area contributed by atoms with E-state index < -0.39 is 5.82 Å². The Labute approximate surface area is 114 Å². The van der Waals surface area contributed by atoms with Crippen LogP contribution in [0.5, 0.6) is 5.75 Å². The highest BCUT2D eigenvalue weighted by Gasteiger charge is 2.09. The van der Waals surface area contributed by atoms with Crippen LogP contribution in [0.25, 0.3) is 0 Å². The fourth-order valence-electron chi connectivity index (χ4n) is 1.58. The highest BCUT2D eigenvalue weighted by molar-refractivity contribution is 7.13. The molecule has 0 fully saturated rings. The highest BCUT2D eigenvalue weighted by Crippen LogP contribution is 2.19. The van der Waals surface area contributed by atoms with Crippen LogP contribution in [0.1, 0.15) is 11.3 Å². The predicted octanol–water partition coefficient (Wildman–Crippen LogP) is 2.78. The lowest BCUT2D eigenvalue weighted by molar-refractivity contribution is -0.115. The minimum absolute atomic E-state index is 0.0968. The van der Waals surface area contributed by atoms with Crippen molar-refractivity contribution >= 4 is 22.4 Å². The second-order valence-corrected chi connectivity index (χ2v) is 4.85. The quantitative estimate of drug-likeness (QED) is 0.937. The van der Waals surface area contributed by atoms with Crippen molar-refractivity contribution in [3.63, 3.8) is 0 Å². The molecule has 0 saturated heterocycles. The average molecular weight is 280 g/mol. The third-order valence-electron chi connectivity index (χ3n) is 2.45. The number of nitrogens with zero attached hydrogens (tertiary/aromatic N) is 1. The molecule has 19 heavy (non-hydrogen) atoms. The van der Waals surface area contributed by atoms with Gasteiger partial charge in [-0.05, 0) is 24.6 Å². The molecule has 0 bridgehead atoms. The number of carbonyl (C=O) groups excluding carboxylic acids is 1. The average Bonchev–Trinajstić information content (AvgIpc) is 2.74. The Morgan fingerprint density at radius 1 is 1.53 bits per heavy atom. The number of benzene rings is 1. The summed E-state index contributed by atoms with van der Waals surface area (Å²) in [5.74, 6) is -0.531. The number of anilines is 1. The monoisotopic (exact) mass is 280 g/mol. The van der Waals surface area contributed by atoms with E-state index in [0.29, 0.717) is 10.7 Å². The van der Waals surface area contributed by atoms with Crippen LogP contribution in [0.3, 0.4) is 0 Å². The molecule has 2 rings (SSSR count). The van der Waals surface area contributed by atoms with Crippen LogP contribution in [-0.2, 0) is 11.2 Å². The Balaban J connectivity index is 2.00. The molecule has 1 heterocycles. The number of halogens is 1. The molecule has 0 atom stereocenters. The van der Waals surface area contributed by atoms with Crippen molar-refractivity contribution in [1.29, 1.82) is 0 Å². The van der Waals surface area contributed by atoms with Gasteiger partial charge in [-0.25, -0.2) is 9.37 Å². The Kier molecular flexibility index (Phi) is 4.11. The summed E-state index contributed by atoms with van der Waals surface area (Å²) in [5.41, 5.74) is 1.44. The summed E-state index contributed by atoms with van der Waals surface area (Å²) in [6, 6.07) is 4.46. The van der Waals surface area contributed by atoms with Gasteiger partial charge < -0.3 is 10.1 Å². The minimum atomic E-state index is -0.474. The summed E-state index contributed by atoms with van der Waals surface area (Å²) in [6.07, 6.45) is 0.0968. The number of hydrogen-bond donors (Lipinski definition) is 1. The summed E-state index contributed by atoms with van der Waals surface area (Å²) in [7, 11) is 1.40. The number of thiazole rings is 1. The topological polar surface area (TPSA) is 51.2 Å². The zero-order valence-electron chi connectivity index (χ0n) is 10.6. The molecule has 2 aromatic rings. The van der Waals surface area contributed by atoms with E-state index in [4.69, 9.17) is 4.74 Å². The molecule has 6 heteroatoms. The summed E-state index contributed by atoms with van der Waals surface area (Å²) in [5, 5.41) is 5.08. The highest BCUT2D eigenvalue weighted by atomic mass is 32.1. The molecule has 1 aromatic carbocycles. The maximum atomic E-state index is 13.5. The molecule has 0 unspecified atom stereocenters. The molecular formula is C13H13FN2O2S. The van der Waals surface area contributed by atoms with Crippen molar-refractivity contribution in [1.82, 2.24) is 4.98 Å². The van der Waals surface area contributed by atoms with Gasteiger partial charge in [-0.2, -0.15) is 0 Å². The van der Waals surface area contributed by atoms with Gasteiger partial charge in [-0.3, -0.25) is 4.79 Å². The van der Waals surface area contributed by atoms with Crippen LogP contribution in [-0.4, -0.2) is 18.0 Å². The summed E-state index contributed by atoms with van der Waals surface area (Å²) < 4.78 is 18.3. The Morgan fingerprint density at radius 3 is 2.89 bits per heavy atom. The van der Waals surface area contributed by atoms with Crippen LogP contribution in [0, 0.1) is 12.7 Å². The molecule has 1 N–H and O–H groups in total. The van der Waals surface area contributed by atoms with E-state index in [2.05, 4.69) is 10.3 Å². The Bertz CT molecular complexity index is 598. The number of methoxy groups -OCH3 is 1. The number of aryl methyl sites for hydroxylation is 1. The number of rotatable bonds is 4. The van der Waals surface area contributed by atoms with Gasteiger partial charge in [0.05, 0.1) is 19.2 Å². The van der Waals surface area contributed by atoms with E-state index >= 15 is 0 Å². The summed E-state index contributed by atoms with van der Waals surface area (Å²) in [4.78, 5) is 15.9. The van der Waals surface area contributed by atoms with E-state index in [-0.39, 0.29) is 18.1 Å². The van der Waals surface area contributed by atoms with Gasteiger partial charge in [-0.15, -0.1) is 11.3 Å². The molecule has 0 spiro atoms. The van der Waals surface area contributed by atoms with E-state index in [9.17, 15) is 9.18 Å². The molecule has 4 nitrogen and oxygen atoms in total. The van der Waals surface area contributed by atoms with Crippen molar-refractivity contribution in [2.24, 2.45) is 0 Å². The van der Waals surface area contributed by atoms with Crippen molar-refractivity contribution < 1.29 is 13.9 Å². The van der Waals surface area contributed by atoms with Gasteiger partial charge in [0.15, 0.2) is 16.7 Å². The molecular weight excluding hydrogens is 267 g/mol. The van der Waals surface area contributed by atoms with Crippen molar-refractivity contribution in [2.75, 3.05) is 12.4 Å². The molecule has 0 radical (unpaired) electrons. The summed E-state index contributed by atoms with van der Waals surface area (Å²) >= 11 is 1.36. The lowest BCUT2D eigenvalue weighted by Crippen LogP contribution is -2.14. The van der Waals surface area contributed by atoms with Crippen molar-refractivity contribution in [2.45, 2.75) is 13.3 Å². The molecule has 1 amide bonds. The van der Waals surface area contributed by atoms with Gasteiger partial charge in [0.25, 0.3) is 0 Å². The first-order valence-corrected chi connectivity index (χ1v) is 6.51. The smallest absolute Gasteiger partial charge is 0.230 e. The maximum absolute atomic E-state index is 13.5. The zero-order chi connectivity index (χ0) is 13.8. The minimum Gasteiger partial charge on any atom is -0.494 e. The summed E-state index contributed by atoms with van der Waals surface area (Å²) in [6.45, 7) is 1.85. The van der Waals surface area contributed by atoms with Crippen LogP contribution >= 0.6 is 11.3 Å². The van der Waals surface area contributed by atoms with E-state index in [1.54, 1.807) is 6.07 Å². The molecule has 0 aliphatic rings.